The molecule has 0 saturated heterocycles. The van der Waals surface area contributed by atoms with Gasteiger partial charge in [-0.05, 0) is 49.0 Å². The van der Waals surface area contributed by atoms with Crippen LogP contribution in [0.3, 0.4) is 0 Å². The van der Waals surface area contributed by atoms with Gasteiger partial charge < -0.3 is 19.3 Å². The van der Waals surface area contributed by atoms with E-state index in [1.54, 1.807) is 24.3 Å². The van der Waals surface area contributed by atoms with E-state index in [4.69, 9.17) is 14.2 Å². The van der Waals surface area contributed by atoms with Crippen LogP contribution in [0, 0.1) is 0 Å². The number of hydrogen-bond acceptors (Lipinski definition) is 6. The smallest absolute Gasteiger partial charge is 0.231 e. The number of ether oxygens (including phenoxy) is 3. The van der Waals surface area contributed by atoms with Crippen molar-refractivity contribution in [2.24, 2.45) is 0 Å². The molecule has 2 aliphatic heterocycles. The summed E-state index contributed by atoms with van der Waals surface area (Å²) < 4.78 is 16.6. The summed E-state index contributed by atoms with van der Waals surface area (Å²) in [6.45, 7) is 6.51. The lowest BCUT2D eigenvalue weighted by molar-refractivity contribution is 0.101. The molecule has 0 aromatic heterocycles. The van der Waals surface area contributed by atoms with Gasteiger partial charge in [0, 0.05) is 6.54 Å². The standard InChI is InChI=1S/C21H21NO5/c1-3-22(4-2)11-15-16(23)7-6-14-20(24)19(27-21(14)15)10-13-5-8-17-18(9-13)26-12-25-17/h5-10,23H,3-4,11-12H2,1-2H3/b19-10-. The van der Waals surface area contributed by atoms with Gasteiger partial charge in [0.2, 0.25) is 12.6 Å². The Balaban J connectivity index is 1.67. The van der Waals surface area contributed by atoms with E-state index in [1.165, 1.54) is 0 Å². The number of aromatic hydroxyl groups is 1. The number of hydrogen-bond donors (Lipinski definition) is 1. The molecule has 2 heterocycles. The maximum atomic E-state index is 12.8. The molecule has 0 radical (unpaired) electrons. The fraction of sp³-hybridized carbons (Fsp3) is 0.286. The molecule has 6 heteroatoms. The molecule has 2 aromatic rings. The second-order valence-corrected chi connectivity index (χ2v) is 6.45. The summed E-state index contributed by atoms with van der Waals surface area (Å²) in [5, 5.41) is 10.3. The molecule has 0 atom stereocenters. The number of fused-ring (bicyclic) bond motifs is 2. The van der Waals surface area contributed by atoms with Crippen molar-refractivity contribution >= 4 is 11.9 Å². The number of phenols is 1. The van der Waals surface area contributed by atoms with Crippen LogP contribution in [0.15, 0.2) is 36.1 Å². The van der Waals surface area contributed by atoms with Crippen LogP contribution < -0.4 is 14.2 Å². The van der Waals surface area contributed by atoms with Gasteiger partial charge in [0.25, 0.3) is 0 Å². The minimum absolute atomic E-state index is 0.137. The Hall–Kier alpha value is -2.99. The van der Waals surface area contributed by atoms with Gasteiger partial charge in [0.05, 0.1) is 11.1 Å². The van der Waals surface area contributed by atoms with Gasteiger partial charge in [-0.15, -0.1) is 0 Å². The first-order valence-electron chi connectivity index (χ1n) is 9.01. The third-order valence-electron chi connectivity index (χ3n) is 4.89. The molecular weight excluding hydrogens is 346 g/mol. The van der Waals surface area contributed by atoms with Crippen molar-refractivity contribution in [1.82, 2.24) is 4.90 Å². The van der Waals surface area contributed by atoms with Crippen molar-refractivity contribution in [3.63, 3.8) is 0 Å². The molecule has 4 rings (SSSR count). The number of phenolic OH excluding ortho intramolecular Hbond substituents is 1. The van der Waals surface area contributed by atoms with Crippen LogP contribution >= 0.6 is 0 Å². The van der Waals surface area contributed by atoms with Gasteiger partial charge in [0.1, 0.15) is 11.5 Å². The number of nitrogens with zero attached hydrogens (tertiary/aromatic N) is 1. The summed E-state index contributed by atoms with van der Waals surface area (Å²) in [6.07, 6.45) is 1.68. The summed E-state index contributed by atoms with van der Waals surface area (Å²) in [5.74, 6) is 1.95. The molecule has 2 aromatic carbocycles. The predicted octanol–water partition coefficient (Wildman–Crippen LogP) is 3.58. The average Bonchev–Trinajstić information content (AvgIpc) is 3.26. The van der Waals surface area contributed by atoms with E-state index in [2.05, 4.69) is 18.7 Å². The highest BCUT2D eigenvalue weighted by molar-refractivity contribution is 6.15. The number of ketones is 1. The van der Waals surface area contributed by atoms with Crippen molar-refractivity contribution in [3.8, 4) is 23.0 Å². The summed E-state index contributed by atoms with van der Waals surface area (Å²) >= 11 is 0. The highest BCUT2D eigenvalue weighted by atomic mass is 16.7. The van der Waals surface area contributed by atoms with Crippen LogP contribution in [0.2, 0.25) is 0 Å². The summed E-state index contributed by atoms with van der Waals surface area (Å²) in [7, 11) is 0. The van der Waals surface area contributed by atoms with Crippen molar-refractivity contribution in [3.05, 3.63) is 52.8 Å². The van der Waals surface area contributed by atoms with E-state index in [9.17, 15) is 9.90 Å². The Morgan fingerprint density at radius 1 is 1.11 bits per heavy atom. The SMILES string of the molecule is CCN(CC)Cc1c(O)ccc2c1O/C(=C\c1ccc3c(c1)OCO3)C2=O. The molecule has 0 amide bonds. The normalized spacial score (nSPS) is 16.1. The van der Waals surface area contributed by atoms with Crippen molar-refractivity contribution in [2.75, 3.05) is 19.9 Å². The van der Waals surface area contributed by atoms with Gasteiger partial charge in [-0.1, -0.05) is 19.9 Å². The summed E-state index contributed by atoms with van der Waals surface area (Å²) in [5.41, 5.74) is 1.89. The Morgan fingerprint density at radius 3 is 2.67 bits per heavy atom. The lowest BCUT2D eigenvalue weighted by atomic mass is 10.0. The Morgan fingerprint density at radius 2 is 1.89 bits per heavy atom. The maximum absolute atomic E-state index is 12.8. The van der Waals surface area contributed by atoms with Crippen molar-refractivity contribution in [1.29, 1.82) is 0 Å². The first-order chi connectivity index (χ1) is 13.1. The zero-order valence-corrected chi connectivity index (χ0v) is 15.3. The molecule has 0 saturated carbocycles. The molecule has 0 spiro atoms. The number of allylic oxidation sites excluding steroid dienone is 1. The number of carbonyl (C=O) groups is 1. The average molecular weight is 367 g/mol. The Kier molecular flexibility index (Phi) is 4.49. The lowest BCUT2D eigenvalue weighted by Gasteiger charge is -2.20. The van der Waals surface area contributed by atoms with Crippen LogP contribution in [0.5, 0.6) is 23.0 Å². The molecule has 6 nitrogen and oxygen atoms in total. The fourth-order valence-electron chi connectivity index (χ4n) is 3.27. The molecule has 1 N–H and O–H groups in total. The van der Waals surface area contributed by atoms with Gasteiger partial charge in [-0.25, -0.2) is 0 Å². The highest BCUT2D eigenvalue weighted by Gasteiger charge is 2.31. The number of benzene rings is 2. The highest BCUT2D eigenvalue weighted by Crippen LogP contribution is 2.40. The molecule has 0 bridgehead atoms. The van der Waals surface area contributed by atoms with E-state index >= 15 is 0 Å². The molecule has 0 unspecified atom stereocenters. The van der Waals surface area contributed by atoms with E-state index in [1.807, 2.05) is 12.1 Å². The van der Waals surface area contributed by atoms with Crippen LogP contribution in [0.4, 0.5) is 0 Å². The van der Waals surface area contributed by atoms with E-state index in [0.29, 0.717) is 34.9 Å². The van der Waals surface area contributed by atoms with Crippen LogP contribution in [0.25, 0.3) is 6.08 Å². The monoisotopic (exact) mass is 367 g/mol. The Bertz CT molecular complexity index is 930. The van der Waals surface area contributed by atoms with E-state index < -0.39 is 0 Å². The third kappa shape index (κ3) is 3.13. The summed E-state index contributed by atoms with van der Waals surface area (Å²) in [4.78, 5) is 14.9. The zero-order chi connectivity index (χ0) is 19.0. The molecule has 2 aliphatic rings. The largest absolute Gasteiger partial charge is 0.507 e. The van der Waals surface area contributed by atoms with Crippen LogP contribution in [-0.2, 0) is 6.54 Å². The molecular formula is C21H21NO5. The van der Waals surface area contributed by atoms with Gasteiger partial charge >= 0.3 is 0 Å². The molecule has 0 aliphatic carbocycles. The summed E-state index contributed by atoms with van der Waals surface area (Å²) in [6, 6.07) is 8.62. The number of rotatable bonds is 5. The predicted molar refractivity (Wildman–Crippen MR) is 100 cm³/mol. The number of Topliss-reactive ketones (excluding diaryl/α,β-unsaturated/α-hetero) is 1. The van der Waals surface area contributed by atoms with E-state index in [0.717, 1.165) is 18.7 Å². The lowest BCUT2D eigenvalue weighted by Crippen LogP contribution is -2.22. The van der Waals surface area contributed by atoms with Crippen LogP contribution in [-0.4, -0.2) is 35.7 Å². The van der Waals surface area contributed by atoms with E-state index in [-0.39, 0.29) is 24.1 Å². The first kappa shape index (κ1) is 17.4. The minimum atomic E-state index is -0.191. The van der Waals surface area contributed by atoms with Gasteiger partial charge in [-0.2, -0.15) is 0 Å². The molecule has 140 valence electrons. The van der Waals surface area contributed by atoms with Crippen molar-refractivity contribution in [2.45, 2.75) is 20.4 Å². The quantitative estimate of drug-likeness (QED) is 0.815. The van der Waals surface area contributed by atoms with Crippen molar-refractivity contribution < 1.29 is 24.1 Å². The topological polar surface area (TPSA) is 68.2 Å². The second kappa shape index (κ2) is 6.96. The number of carbonyl (C=O) groups excluding carboxylic acids is 1. The minimum Gasteiger partial charge on any atom is -0.507 e. The molecule has 27 heavy (non-hydrogen) atoms. The second-order valence-electron chi connectivity index (χ2n) is 6.45. The first-order valence-corrected chi connectivity index (χ1v) is 9.01. The zero-order valence-electron chi connectivity index (χ0n) is 15.3. The van der Waals surface area contributed by atoms with Gasteiger partial charge in [0.15, 0.2) is 17.3 Å². The molecule has 0 fully saturated rings. The third-order valence-corrected chi connectivity index (χ3v) is 4.89. The van der Waals surface area contributed by atoms with Crippen LogP contribution in [0.1, 0.15) is 35.3 Å². The Labute approximate surface area is 157 Å². The van der Waals surface area contributed by atoms with Gasteiger partial charge in [-0.3, -0.25) is 9.69 Å². The maximum Gasteiger partial charge on any atom is 0.231 e. The fourth-order valence-corrected chi connectivity index (χ4v) is 3.27.